The first-order valence-corrected chi connectivity index (χ1v) is 7.55. The molecule has 4 nitrogen and oxygen atoms in total. The Hall–Kier alpha value is -0.160. The van der Waals surface area contributed by atoms with Crippen molar-refractivity contribution >= 4 is 0 Å². The number of likely N-dealkylation sites (N-methyl/N-ethyl adjacent to an activating group) is 1. The minimum absolute atomic E-state index is 0.0297. The van der Waals surface area contributed by atoms with Crippen LogP contribution in [-0.4, -0.2) is 69.3 Å². The summed E-state index contributed by atoms with van der Waals surface area (Å²) in [7, 11) is 6.20. The van der Waals surface area contributed by atoms with Crippen LogP contribution in [0.5, 0.6) is 0 Å². The van der Waals surface area contributed by atoms with Gasteiger partial charge in [-0.2, -0.15) is 0 Å². The molecule has 0 aromatic heterocycles. The van der Waals surface area contributed by atoms with Gasteiger partial charge in [0.15, 0.2) is 0 Å². The van der Waals surface area contributed by atoms with Gasteiger partial charge in [0.2, 0.25) is 0 Å². The fourth-order valence-corrected chi connectivity index (χ4v) is 3.23. The second-order valence-corrected chi connectivity index (χ2v) is 6.52. The van der Waals surface area contributed by atoms with Crippen LogP contribution in [0.15, 0.2) is 0 Å². The molecule has 0 aromatic carbocycles. The molecule has 0 radical (unpaired) electrons. The Morgan fingerprint density at radius 2 is 1.95 bits per heavy atom. The third-order valence-corrected chi connectivity index (χ3v) is 4.95. The molecular formula is C15H33N3O. The molecule has 1 rings (SSSR count). The van der Waals surface area contributed by atoms with Gasteiger partial charge in [0.25, 0.3) is 0 Å². The lowest BCUT2D eigenvalue weighted by Crippen LogP contribution is -2.60. The normalized spacial score (nSPS) is 22.1. The van der Waals surface area contributed by atoms with E-state index < -0.39 is 0 Å². The van der Waals surface area contributed by atoms with E-state index in [0.717, 1.165) is 12.5 Å². The van der Waals surface area contributed by atoms with Gasteiger partial charge in [-0.05, 0) is 51.9 Å². The van der Waals surface area contributed by atoms with Gasteiger partial charge < -0.3 is 15.4 Å². The van der Waals surface area contributed by atoms with E-state index in [1.165, 1.54) is 25.9 Å². The van der Waals surface area contributed by atoms with Crippen LogP contribution in [0.3, 0.4) is 0 Å². The van der Waals surface area contributed by atoms with E-state index in [9.17, 15) is 0 Å². The minimum Gasteiger partial charge on any atom is -0.383 e. The molecule has 114 valence electrons. The topological polar surface area (TPSA) is 41.7 Å². The van der Waals surface area contributed by atoms with Gasteiger partial charge in [-0.25, -0.2) is 0 Å². The number of rotatable bonds is 7. The van der Waals surface area contributed by atoms with Gasteiger partial charge in [0.05, 0.1) is 12.1 Å². The highest BCUT2D eigenvalue weighted by molar-refractivity contribution is 4.94. The molecule has 1 unspecified atom stereocenters. The van der Waals surface area contributed by atoms with E-state index in [0.29, 0.717) is 19.1 Å². The Kier molecular flexibility index (Phi) is 6.74. The summed E-state index contributed by atoms with van der Waals surface area (Å²) in [5, 5.41) is 0. The first-order chi connectivity index (χ1) is 8.96. The zero-order valence-corrected chi connectivity index (χ0v) is 13.5. The van der Waals surface area contributed by atoms with E-state index in [1.54, 1.807) is 7.11 Å². The highest BCUT2D eigenvalue weighted by Gasteiger charge is 2.37. The fourth-order valence-electron chi connectivity index (χ4n) is 3.23. The van der Waals surface area contributed by atoms with Crippen LogP contribution in [0.1, 0.15) is 26.7 Å². The van der Waals surface area contributed by atoms with Crippen molar-refractivity contribution in [3.63, 3.8) is 0 Å². The Bertz CT molecular complexity index is 252. The molecule has 19 heavy (non-hydrogen) atoms. The van der Waals surface area contributed by atoms with Crippen molar-refractivity contribution in [3.8, 4) is 0 Å². The Labute approximate surface area is 119 Å². The smallest absolute Gasteiger partial charge is 0.0661 e. The molecule has 0 bridgehead atoms. The number of methoxy groups -OCH3 is 1. The molecule has 1 fully saturated rings. The van der Waals surface area contributed by atoms with Crippen LogP contribution >= 0.6 is 0 Å². The van der Waals surface area contributed by atoms with Gasteiger partial charge in [0.1, 0.15) is 0 Å². The molecule has 2 N–H and O–H groups in total. The van der Waals surface area contributed by atoms with Gasteiger partial charge in [-0.3, -0.25) is 4.90 Å². The number of likely N-dealkylation sites (tertiary alicyclic amines) is 1. The lowest BCUT2D eigenvalue weighted by atomic mass is 9.84. The van der Waals surface area contributed by atoms with Crippen molar-refractivity contribution in [2.24, 2.45) is 17.6 Å². The molecule has 1 aliphatic heterocycles. The average molecular weight is 271 g/mol. The average Bonchev–Trinajstić information content (AvgIpc) is 2.38. The highest BCUT2D eigenvalue weighted by atomic mass is 16.5. The fraction of sp³-hybridized carbons (Fsp3) is 1.00. The van der Waals surface area contributed by atoms with Gasteiger partial charge in [0, 0.05) is 20.2 Å². The maximum absolute atomic E-state index is 6.09. The van der Waals surface area contributed by atoms with Crippen molar-refractivity contribution < 1.29 is 4.74 Å². The van der Waals surface area contributed by atoms with Crippen LogP contribution in [0, 0.1) is 11.8 Å². The minimum atomic E-state index is -0.0297. The van der Waals surface area contributed by atoms with E-state index >= 15 is 0 Å². The van der Waals surface area contributed by atoms with Crippen LogP contribution in [0.4, 0.5) is 0 Å². The van der Waals surface area contributed by atoms with Crippen molar-refractivity contribution in [3.05, 3.63) is 0 Å². The molecule has 0 amide bonds. The van der Waals surface area contributed by atoms with E-state index in [2.05, 4.69) is 37.7 Å². The van der Waals surface area contributed by atoms with Gasteiger partial charge in [-0.15, -0.1) is 0 Å². The first-order valence-electron chi connectivity index (χ1n) is 7.55. The summed E-state index contributed by atoms with van der Waals surface area (Å²) < 4.78 is 5.46. The highest BCUT2D eigenvalue weighted by Crippen LogP contribution is 2.26. The zero-order chi connectivity index (χ0) is 14.5. The van der Waals surface area contributed by atoms with Crippen LogP contribution in [-0.2, 0) is 4.74 Å². The predicted octanol–water partition coefficient (Wildman–Crippen LogP) is 1.26. The maximum Gasteiger partial charge on any atom is 0.0661 e. The Morgan fingerprint density at radius 3 is 2.37 bits per heavy atom. The molecule has 0 saturated carbocycles. The van der Waals surface area contributed by atoms with Crippen LogP contribution in [0.2, 0.25) is 0 Å². The summed E-state index contributed by atoms with van der Waals surface area (Å²) in [4.78, 5) is 4.88. The molecule has 4 heteroatoms. The lowest BCUT2D eigenvalue weighted by Gasteiger charge is -2.46. The first kappa shape index (κ1) is 16.9. The number of ether oxygens (including phenoxy) is 1. The van der Waals surface area contributed by atoms with Crippen molar-refractivity contribution in [2.75, 3.05) is 54.0 Å². The Morgan fingerprint density at radius 1 is 1.37 bits per heavy atom. The van der Waals surface area contributed by atoms with Gasteiger partial charge >= 0.3 is 0 Å². The number of hydrogen-bond acceptors (Lipinski definition) is 4. The quantitative estimate of drug-likeness (QED) is 0.757. The lowest BCUT2D eigenvalue weighted by molar-refractivity contribution is -0.0130. The zero-order valence-electron chi connectivity index (χ0n) is 13.5. The van der Waals surface area contributed by atoms with Crippen molar-refractivity contribution in [2.45, 2.75) is 32.2 Å². The second kappa shape index (κ2) is 7.58. The maximum atomic E-state index is 6.09. The molecule has 1 aliphatic rings. The largest absolute Gasteiger partial charge is 0.383 e. The van der Waals surface area contributed by atoms with E-state index in [-0.39, 0.29) is 5.54 Å². The summed E-state index contributed by atoms with van der Waals surface area (Å²) in [6, 6.07) is 0. The SMILES string of the molecule is COCC(CN)(C(C)C)N(C)CC1CCN(C)CC1. The van der Waals surface area contributed by atoms with Gasteiger partial charge in [-0.1, -0.05) is 13.8 Å². The standard InChI is InChI=1S/C15H33N3O/c1-13(2)15(11-16,12-19-5)18(4)10-14-6-8-17(3)9-7-14/h13-14H,6-12,16H2,1-5H3. The molecule has 0 aliphatic carbocycles. The predicted molar refractivity (Wildman–Crippen MR) is 81.4 cm³/mol. The number of nitrogens with two attached hydrogens (primary N) is 1. The number of nitrogens with zero attached hydrogens (tertiary/aromatic N) is 2. The summed E-state index contributed by atoms with van der Waals surface area (Å²) in [5.41, 5.74) is 6.06. The summed E-state index contributed by atoms with van der Waals surface area (Å²) >= 11 is 0. The summed E-state index contributed by atoms with van der Waals surface area (Å²) in [6.07, 6.45) is 2.60. The van der Waals surface area contributed by atoms with E-state index in [1.807, 2.05) is 0 Å². The van der Waals surface area contributed by atoms with Crippen LogP contribution < -0.4 is 5.73 Å². The van der Waals surface area contributed by atoms with Crippen LogP contribution in [0.25, 0.3) is 0 Å². The molecule has 0 aromatic rings. The molecule has 1 atom stereocenters. The Balaban J connectivity index is 2.63. The monoisotopic (exact) mass is 271 g/mol. The molecule has 1 saturated heterocycles. The number of piperidine rings is 1. The van der Waals surface area contributed by atoms with Crippen molar-refractivity contribution in [1.82, 2.24) is 9.80 Å². The van der Waals surface area contributed by atoms with Crippen molar-refractivity contribution in [1.29, 1.82) is 0 Å². The van der Waals surface area contributed by atoms with E-state index in [4.69, 9.17) is 10.5 Å². The molecule has 0 spiro atoms. The number of hydrogen-bond donors (Lipinski definition) is 1. The third-order valence-electron chi connectivity index (χ3n) is 4.95. The molecular weight excluding hydrogens is 238 g/mol. The second-order valence-electron chi connectivity index (χ2n) is 6.52. The third kappa shape index (κ3) is 4.15. The molecule has 1 heterocycles. The summed E-state index contributed by atoms with van der Waals surface area (Å²) in [6.45, 7) is 9.44. The summed E-state index contributed by atoms with van der Waals surface area (Å²) in [5.74, 6) is 1.29.